The second-order valence-electron chi connectivity index (χ2n) is 5.61. The molecule has 6 heteroatoms. The van der Waals surface area contributed by atoms with E-state index < -0.39 is 10.9 Å². The summed E-state index contributed by atoms with van der Waals surface area (Å²) in [5.74, 6) is -0.363. The normalized spacial score (nSPS) is 12.1. The highest BCUT2D eigenvalue weighted by Crippen LogP contribution is 2.26. The van der Waals surface area contributed by atoms with Gasteiger partial charge in [-0.1, -0.05) is 42.5 Å². The molecule has 128 valence electrons. The molecule has 0 bridgehead atoms. The molecule has 0 unspecified atom stereocenters. The van der Waals surface area contributed by atoms with E-state index in [0.717, 1.165) is 5.56 Å². The third-order valence-electron chi connectivity index (χ3n) is 3.70. The Morgan fingerprint density at radius 3 is 2.46 bits per heavy atom. The van der Waals surface area contributed by atoms with E-state index in [1.54, 1.807) is 26.1 Å². The second-order valence-corrected chi connectivity index (χ2v) is 6.78. The molecule has 0 heterocycles. The van der Waals surface area contributed by atoms with E-state index in [1.807, 2.05) is 30.3 Å². The van der Waals surface area contributed by atoms with Crippen LogP contribution in [0.1, 0.15) is 22.7 Å². The van der Waals surface area contributed by atoms with Gasteiger partial charge in [0.15, 0.2) is 0 Å². The number of rotatable bonds is 5. The zero-order valence-electron chi connectivity index (χ0n) is 13.5. The molecule has 1 N–H and O–H groups in total. The first-order valence-electron chi connectivity index (χ1n) is 7.48. The SMILES string of the molecule is Cc1ccc([C@H](NC(=O)N(C)Cc2ccccc2)C(Cl)Cl)cc1F. The lowest BCUT2D eigenvalue weighted by Crippen LogP contribution is -2.41. The predicted octanol–water partition coefficient (Wildman–Crippen LogP) is 4.82. The number of nitrogens with one attached hydrogen (secondary N) is 1. The average Bonchev–Trinajstić information content (AvgIpc) is 2.55. The van der Waals surface area contributed by atoms with Crippen molar-refractivity contribution in [2.24, 2.45) is 0 Å². The molecule has 0 aromatic heterocycles. The van der Waals surface area contributed by atoms with E-state index in [9.17, 15) is 9.18 Å². The number of carbonyl (C=O) groups is 1. The van der Waals surface area contributed by atoms with E-state index in [4.69, 9.17) is 23.2 Å². The number of halogens is 3. The summed E-state index contributed by atoms with van der Waals surface area (Å²) in [7, 11) is 1.67. The van der Waals surface area contributed by atoms with Crippen LogP contribution in [-0.2, 0) is 6.54 Å². The molecule has 2 rings (SSSR count). The number of carbonyl (C=O) groups excluding carboxylic acids is 1. The van der Waals surface area contributed by atoms with Crippen molar-refractivity contribution < 1.29 is 9.18 Å². The van der Waals surface area contributed by atoms with Crippen LogP contribution in [0.3, 0.4) is 0 Å². The molecular weight excluding hydrogens is 350 g/mol. The van der Waals surface area contributed by atoms with Gasteiger partial charge in [-0.05, 0) is 29.7 Å². The molecule has 2 aromatic carbocycles. The molecule has 0 fully saturated rings. The van der Waals surface area contributed by atoms with Crippen molar-refractivity contribution >= 4 is 29.2 Å². The highest BCUT2D eigenvalue weighted by molar-refractivity contribution is 6.44. The number of hydrogen-bond acceptors (Lipinski definition) is 1. The standard InChI is InChI=1S/C18H19Cl2FN2O/c1-12-8-9-14(10-15(12)21)16(17(19)20)22-18(24)23(2)11-13-6-4-3-5-7-13/h3-10,16-17H,11H2,1-2H3,(H,22,24)/t16-/m0/s1. The summed E-state index contributed by atoms with van der Waals surface area (Å²) in [5.41, 5.74) is 2.04. The van der Waals surface area contributed by atoms with Gasteiger partial charge in [0.1, 0.15) is 10.7 Å². The largest absolute Gasteiger partial charge is 0.328 e. The van der Waals surface area contributed by atoms with Gasteiger partial charge in [0.25, 0.3) is 0 Å². The highest BCUT2D eigenvalue weighted by Gasteiger charge is 2.23. The fourth-order valence-electron chi connectivity index (χ4n) is 2.27. The molecule has 0 aliphatic rings. The first-order chi connectivity index (χ1) is 11.4. The predicted molar refractivity (Wildman–Crippen MR) is 95.8 cm³/mol. The lowest BCUT2D eigenvalue weighted by molar-refractivity contribution is 0.203. The number of hydrogen-bond donors (Lipinski definition) is 1. The van der Waals surface area contributed by atoms with Crippen LogP contribution in [0.2, 0.25) is 0 Å². The highest BCUT2D eigenvalue weighted by atomic mass is 35.5. The summed E-state index contributed by atoms with van der Waals surface area (Å²) in [6.45, 7) is 2.11. The summed E-state index contributed by atoms with van der Waals surface area (Å²) in [4.78, 5) is 13.0. The van der Waals surface area contributed by atoms with E-state index in [2.05, 4.69) is 5.32 Å². The Kier molecular flexibility index (Phi) is 6.46. The van der Waals surface area contributed by atoms with Gasteiger partial charge < -0.3 is 10.2 Å². The minimum absolute atomic E-state index is 0.337. The number of nitrogens with zero attached hydrogens (tertiary/aromatic N) is 1. The third kappa shape index (κ3) is 4.86. The number of alkyl halides is 2. The third-order valence-corrected chi connectivity index (χ3v) is 4.20. The molecule has 0 aliphatic heterocycles. The summed E-state index contributed by atoms with van der Waals surface area (Å²) < 4.78 is 13.8. The van der Waals surface area contributed by atoms with Crippen LogP contribution in [0, 0.1) is 12.7 Å². The van der Waals surface area contributed by atoms with Crippen LogP contribution in [-0.4, -0.2) is 22.8 Å². The summed E-state index contributed by atoms with van der Waals surface area (Å²) in [6, 6.07) is 13.2. The van der Waals surface area contributed by atoms with Gasteiger partial charge in [-0.25, -0.2) is 9.18 Å². The molecule has 24 heavy (non-hydrogen) atoms. The Labute approximate surface area is 151 Å². The van der Waals surface area contributed by atoms with Crippen molar-refractivity contribution in [2.45, 2.75) is 24.3 Å². The van der Waals surface area contributed by atoms with Crippen molar-refractivity contribution in [3.8, 4) is 0 Å². The van der Waals surface area contributed by atoms with Crippen molar-refractivity contribution in [2.75, 3.05) is 7.05 Å². The second kappa shape index (κ2) is 8.36. The molecule has 0 radical (unpaired) electrons. The van der Waals surface area contributed by atoms with Crippen molar-refractivity contribution in [1.82, 2.24) is 10.2 Å². The maximum atomic E-state index is 13.8. The van der Waals surface area contributed by atoms with Gasteiger partial charge in [0.05, 0.1) is 6.04 Å². The molecule has 2 aromatic rings. The van der Waals surface area contributed by atoms with Gasteiger partial charge in [-0.3, -0.25) is 0 Å². The molecule has 1 atom stereocenters. The minimum atomic E-state index is -0.902. The first kappa shape index (κ1) is 18.6. The van der Waals surface area contributed by atoms with Crippen LogP contribution in [0.25, 0.3) is 0 Å². The van der Waals surface area contributed by atoms with Crippen molar-refractivity contribution in [3.05, 3.63) is 71.0 Å². The molecule has 0 saturated carbocycles. The fraction of sp³-hybridized carbons (Fsp3) is 0.278. The number of benzene rings is 2. The first-order valence-corrected chi connectivity index (χ1v) is 8.35. The topological polar surface area (TPSA) is 32.3 Å². The lowest BCUT2D eigenvalue weighted by atomic mass is 10.1. The lowest BCUT2D eigenvalue weighted by Gasteiger charge is -2.25. The van der Waals surface area contributed by atoms with Gasteiger partial charge in [-0.2, -0.15) is 0 Å². The summed E-state index contributed by atoms with van der Waals surface area (Å²) >= 11 is 12.0. The summed E-state index contributed by atoms with van der Waals surface area (Å²) in [6.07, 6.45) is 0. The Morgan fingerprint density at radius 2 is 1.88 bits per heavy atom. The average molecular weight is 369 g/mol. The van der Waals surface area contributed by atoms with Crippen LogP contribution >= 0.6 is 23.2 Å². The van der Waals surface area contributed by atoms with Crippen LogP contribution in [0.4, 0.5) is 9.18 Å². The molecular formula is C18H19Cl2FN2O. The zero-order chi connectivity index (χ0) is 17.7. The molecule has 0 spiro atoms. The maximum absolute atomic E-state index is 13.8. The number of aryl methyl sites for hydroxylation is 1. The molecule has 3 nitrogen and oxygen atoms in total. The van der Waals surface area contributed by atoms with Crippen molar-refractivity contribution in [3.63, 3.8) is 0 Å². The minimum Gasteiger partial charge on any atom is -0.328 e. The van der Waals surface area contributed by atoms with Gasteiger partial charge in [0, 0.05) is 13.6 Å². The van der Waals surface area contributed by atoms with Crippen LogP contribution in [0.5, 0.6) is 0 Å². The Bertz CT molecular complexity index is 695. The van der Waals surface area contributed by atoms with Crippen LogP contribution < -0.4 is 5.32 Å². The quantitative estimate of drug-likeness (QED) is 0.753. The number of urea groups is 1. The number of amides is 2. The Hall–Kier alpha value is -1.78. The van der Waals surface area contributed by atoms with Gasteiger partial charge in [-0.15, -0.1) is 23.2 Å². The Morgan fingerprint density at radius 1 is 1.21 bits per heavy atom. The molecule has 2 amide bonds. The van der Waals surface area contributed by atoms with E-state index in [0.29, 0.717) is 17.7 Å². The van der Waals surface area contributed by atoms with Crippen molar-refractivity contribution in [1.29, 1.82) is 0 Å². The maximum Gasteiger partial charge on any atom is 0.318 e. The summed E-state index contributed by atoms with van der Waals surface area (Å²) in [5, 5.41) is 2.76. The van der Waals surface area contributed by atoms with E-state index in [-0.39, 0.29) is 11.8 Å². The Balaban J connectivity index is 2.09. The zero-order valence-corrected chi connectivity index (χ0v) is 15.0. The van der Waals surface area contributed by atoms with Crippen LogP contribution in [0.15, 0.2) is 48.5 Å². The van der Waals surface area contributed by atoms with E-state index in [1.165, 1.54) is 11.0 Å². The molecule has 0 aliphatic carbocycles. The van der Waals surface area contributed by atoms with Gasteiger partial charge >= 0.3 is 6.03 Å². The monoisotopic (exact) mass is 368 g/mol. The van der Waals surface area contributed by atoms with Gasteiger partial charge in [0.2, 0.25) is 0 Å². The fourth-order valence-corrected chi connectivity index (χ4v) is 2.68. The smallest absolute Gasteiger partial charge is 0.318 e. The van der Waals surface area contributed by atoms with E-state index >= 15 is 0 Å². The molecule has 0 saturated heterocycles.